The Morgan fingerprint density at radius 1 is 1.55 bits per heavy atom. The van der Waals surface area contributed by atoms with Crippen LogP contribution in [-0.2, 0) is 11.2 Å². The fourth-order valence-corrected chi connectivity index (χ4v) is 2.21. The van der Waals surface area contributed by atoms with E-state index in [4.69, 9.17) is 22.1 Å². The SMILES string of the molecule is CC(C)(CN)NC(=O)C1COc2ccc(Cl)cc2C1.Cl. The Morgan fingerprint density at radius 3 is 2.90 bits per heavy atom. The predicted octanol–water partition coefficient (Wildman–Crippen LogP) is 2.17. The van der Waals surface area contributed by atoms with Gasteiger partial charge in [0, 0.05) is 17.1 Å². The quantitative estimate of drug-likeness (QED) is 0.897. The molecule has 0 aromatic heterocycles. The summed E-state index contributed by atoms with van der Waals surface area (Å²) in [5.41, 5.74) is 6.20. The lowest BCUT2D eigenvalue weighted by Crippen LogP contribution is -2.52. The summed E-state index contributed by atoms with van der Waals surface area (Å²) >= 11 is 5.96. The van der Waals surface area contributed by atoms with Crippen molar-refractivity contribution >= 4 is 29.9 Å². The summed E-state index contributed by atoms with van der Waals surface area (Å²) in [5, 5.41) is 3.60. The summed E-state index contributed by atoms with van der Waals surface area (Å²) in [6.07, 6.45) is 0.641. The zero-order chi connectivity index (χ0) is 14.0. The van der Waals surface area contributed by atoms with Gasteiger partial charge in [-0.2, -0.15) is 0 Å². The van der Waals surface area contributed by atoms with Crippen LogP contribution in [-0.4, -0.2) is 24.6 Å². The van der Waals surface area contributed by atoms with Gasteiger partial charge in [0.25, 0.3) is 0 Å². The molecule has 6 heteroatoms. The van der Waals surface area contributed by atoms with E-state index in [1.807, 2.05) is 26.0 Å². The molecule has 0 spiro atoms. The topological polar surface area (TPSA) is 64.3 Å². The second-order valence-corrected chi connectivity index (χ2v) is 5.98. The van der Waals surface area contributed by atoms with Crippen LogP contribution in [0, 0.1) is 5.92 Å². The molecule has 0 radical (unpaired) electrons. The number of carbonyl (C=O) groups is 1. The Hall–Kier alpha value is -0.970. The van der Waals surface area contributed by atoms with Gasteiger partial charge in [-0.3, -0.25) is 4.79 Å². The van der Waals surface area contributed by atoms with Crippen molar-refractivity contribution in [3.63, 3.8) is 0 Å². The summed E-state index contributed by atoms with van der Waals surface area (Å²) < 4.78 is 5.61. The van der Waals surface area contributed by atoms with Crippen LogP contribution in [0.5, 0.6) is 5.75 Å². The summed E-state index contributed by atoms with van der Waals surface area (Å²) in [4.78, 5) is 12.2. The molecule has 0 bridgehead atoms. The lowest BCUT2D eigenvalue weighted by Gasteiger charge is -2.30. The van der Waals surface area contributed by atoms with Gasteiger partial charge in [0.05, 0.1) is 5.92 Å². The van der Waals surface area contributed by atoms with Crippen molar-refractivity contribution in [2.24, 2.45) is 11.7 Å². The van der Waals surface area contributed by atoms with Crippen LogP contribution in [0.2, 0.25) is 5.02 Å². The predicted molar refractivity (Wildman–Crippen MR) is 82.7 cm³/mol. The molecular weight excluding hydrogens is 299 g/mol. The first-order chi connectivity index (χ1) is 8.91. The van der Waals surface area contributed by atoms with Crippen LogP contribution in [0.3, 0.4) is 0 Å². The summed E-state index contributed by atoms with van der Waals surface area (Å²) in [6, 6.07) is 5.48. The first-order valence-corrected chi connectivity index (χ1v) is 6.72. The molecule has 0 aliphatic carbocycles. The molecule has 3 N–H and O–H groups in total. The highest BCUT2D eigenvalue weighted by Gasteiger charge is 2.29. The molecule has 0 saturated heterocycles. The van der Waals surface area contributed by atoms with Crippen LogP contribution in [0.4, 0.5) is 0 Å². The number of hydrogen-bond donors (Lipinski definition) is 2. The molecule has 1 heterocycles. The first-order valence-electron chi connectivity index (χ1n) is 6.34. The Morgan fingerprint density at radius 2 is 2.25 bits per heavy atom. The number of halogens is 2. The van der Waals surface area contributed by atoms with Crippen LogP contribution in [0.25, 0.3) is 0 Å². The molecule has 0 fully saturated rings. The third-order valence-electron chi connectivity index (χ3n) is 3.27. The smallest absolute Gasteiger partial charge is 0.227 e. The Bertz CT molecular complexity index is 492. The number of benzene rings is 1. The lowest BCUT2D eigenvalue weighted by atomic mass is 9.94. The molecule has 1 unspecified atom stereocenters. The van der Waals surface area contributed by atoms with Crippen LogP contribution >= 0.6 is 24.0 Å². The number of carbonyl (C=O) groups excluding carboxylic acids is 1. The van der Waals surface area contributed by atoms with E-state index in [0.717, 1.165) is 11.3 Å². The van der Waals surface area contributed by atoms with Crippen LogP contribution in [0.1, 0.15) is 19.4 Å². The number of hydrogen-bond acceptors (Lipinski definition) is 3. The van der Waals surface area contributed by atoms with E-state index in [-0.39, 0.29) is 24.2 Å². The maximum atomic E-state index is 12.2. The number of ether oxygens (including phenoxy) is 1. The summed E-state index contributed by atoms with van der Waals surface area (Å²) in [6.45, 7) is 4.59. The monoisotopic (exact) mass is 318 g/mol. The molecule has 1 aromatic carbocycles. The fraction of sp³-hybridized carbons (Fsp3) is 0.500. The highest BCUT2D eigenvalue weighted by Crippen LogP contribution is 2.30. The second kappa shape index (κ2) is 6.66. The number of rotatable bonds is 3. The Balaban J connectivity index is 0.00000200. The van der Waals surface area contributed by atoms with Gasteiger partial charge < -0.3 is 15.8 Å². The van der Waals surface area contributed by atoms with Gasteiger partial charge in [0.1, 0.15) is 12.4 Å². The Labute approximate surface area is 130 Å². The highest BCUT2D eigenvalue weighted by atomic mass is 35.5. The number of nitrogens with two attached hydrogens (primary N) is 1. The zero-order valence-corrected chi connectivity index (χ0v) is 13.2. The maximum absolute atomic E-state index is 12.2. The van der Waals surface area contributed by atoms with E-state index in [1.54, 1.807) is 6.07 Å². The van der Waals surface area contributed by atoms with E-state index in [2.05, 4.69) is 5.32 Å². The normalized spacial score (nSPS) is 17.5. The Kier molecular flexibility index (Phi) is 5.68. The molecule has 2 rings (SSSR count). The fourth-order valence-electron chi connectivity index (χ4n) is 2.02. The van der Waals surface area contributed by atoms with Gasteiger partial charge >= 0.3 is 0 Å². The third kappa shape index (κ3) is 4.01. The van der Waals surface area contributed by atoms with Crippen molar-refractivity contribution in [2.45, 2.75) is 25.8 Å². The molecule has 1 aliphatic rings. The summed E-state index contributed by atoms with van der Waals surface area (Å²) in [7, 11) is 0. The van der Waals surface area contributed by atoms with Crippen LogP contribution in [0.15, 0.2) is 18.2 Å². The number of fused-ring (bicyclic) bond motifs is 1. The molecule has 4 nitrogen and oxygen atoms in total. The van der Waals surface area contributed by atoms with Crippen molar-refractivity contribution in [1.29, 1.82) is 0 Å². The molecule has 1 atom stereocenters. The largest absolute Gasteiger partial charge is 0.492 e. The number of amides is 1. The van der Waals surface area contributed by atoms with Crippen molar-refractivity contribution in [3.05, 3.63) is 28.8 Å². The minimum atomic E-state index is -0.397. The van der Waals surface area contributed by atoms with Crippen molar-refractivity contribution in [3.8, 4) is 5.75 Å². The summed E-state index contributed by atoms with van der Waals surface area (Å²) in [5.74, 6) is 0.587. The second-order valence-electron chi connectivity index (χ2n) is 5.54. The van der Waals surface area contributed by atoms with E-state index in [0.29, 0.717) is 24.6 Å². The molecule has 20 heavy (non-hydrogen) atoms. The molecular formula is C14H20Cl2N2O2. The van der Waals surface area contributed by atoms with E-state index in [9.17, 15) is 4.79 Å². The maximum Gasteiger partial charge on any atom is 0.227 e. The van der Waals surface area contributed by atoms with Crippen molar-refractivity contribution in [2.75, 3.05) is 13.2 Å². The van der Waals surface area contributed by atoms with Gasteiger partial charge in [0.15, 0.2) is 0 Å². The van der Waals surface area contributed by atoms with Crippen molar-refractivity contribution in [1.82, 2.24) is 5.32 Å². The zero-order valence-electron chi connectivity index (χ0n) is 11.6. The van der Waals surface area contributed by atoms with Gasteiger partial charge in [0.2, 0.25) is 5.91 Å². The molecule has 112 valence electrons. The minimum absolute atomic E-state index is 0. The molecule has 0 saturated carbocycles. The van der Waals surface area contributed by atoms with Crippen LogP contribution < -0.4 is 15.8 Å². The molecule has 1 amide bonds. The van der Waals surface area contributed by atoms with Crippen molar-refractivity contribution < 1.29 is 9.53 Å². The van der Waals surface area contributed by atoms with Gasteiger partial charge in [-0.25, -0.2) is 0 Å². The van der Waals surface area contributed by atoms with E-state index >= 15 is 0 Å². The molecule has 1 aromatic rings. The lowest BCUT2D eigenvalue weighted by molar-refractivity contribution is -0.127. The standard InChI is InChI=1S/C14H19ClN2O2.ClH/c1-14(2,8-16)17-13(18)10-5-9-6-11(15)3-4-12(9)19-7-10;/h3-4,6,10H,5,7-8,16H2,1-2H3,(H,17,18);1H. The van der Waals surface area contributed by atoms with E-state index < -0.39 is 5.54 Å². The highest BCUT2D eigenvalue weighted by molar-refractivity contribution is 6.30. The molecule has 1 aliphatic heterocycles. The average molecular weight is 319 g/mol. The minimum Gasteiger partial charge on any atom is -0.492 e. The van der Waals surface area contributed by atoms with Gasteiger partial charge in [-0.1, -0.05) is 11.6 Å². The number of nitrogens with one attached hydrogen (secondary N) is 1. The first kappa shape index (κ1) is 17.1. The van der Waals surface area contributed by atoms with E-state index in [1.165, 1.54) is 0 Å². The third-order valence-corrected chi connectivity index (χ3v) is 3.51. The van der Waals surface area contributed by atoms with Gasteiger partial charge in [-0.05, 0) is 44.0 Å². The average Bonchev–Trinajstić information content (AvgIpc) is 2.37. The van der Waals surface area contributed by atoms with Gasteiger partial charge in [-0.15, -0.1) is 12.4 Å².